The van der Waals surface area contributed by atoms with Gasteiger partial charge in [-0.25, -0.2) is 0 Å². The topological polar surface area (TPSA) is 64.2 Å². The smallest absolute Gasteiger partial charge is 0.274 e. The van der Waals surface area contributed by atoms with Crippen LogP contribution >= 0.6 is 0 Å². The summed E-state index contributed by atoms with van der Waals surface area (Å²) in [6, 6.07) is 1.83. The molecule has 1 aromatic heterocycles. The number of hydrogen-bond donors (Lipinski definition) is 1. The van der Waals surface area contributed by atoms with Gasteiger partial charge in [-0.2, -0.15) is 5.10 Å². The molecule has 0 radical (unpaired) electrons. The van der Waals surface area contributed by atoms with Crippen LogP contribution in [-0.2, 0) is 7.05 Å². The van der Waals surface area contributed by atoms with Crippen LogP contribution in [0.15, 0.2) is 6.07 Å². The summed E-state index contributed by atoms with van der Waals surface area (Å²) >= 11 is 0. The zero-order chi connectivity index (χ0) is 12.6. The van der Waals surface area contributed by atoms with Crippen LogP contribution in [0.25, 0.3) is 0 Å². The SMILES string of the molecule is Cc1cc(C(=O)N2CCC(C)(CN)C2)nn1C. The van der Waals surface area contributed by atoms with Gasteiger partial charge in [-0.15, -0.1) is 0 Å². The fourth-order valence-corrected chi connectivity index (χ4v) is 2.19. The van der Waals surface area contributed by atoms with Crippen molar-refractivity contribution < 1.29 is 4.79 Å². The number of nitrogens with zero attached hydrogens (tertiary/aromatic N) is 3. The minimum atomic E-state index is 0.0193. The zero-order valence-corrected chi connectivity index (χ0v) is 10.7. The summed E-state index contributed by atoms with van der Waals surface area (Å²) in [5.41, 5.74) is 7.34. The van der Waals surface area contributed by atoms with E-state index in [0.717, 1.165) is 25.2 Å². The Morgan fingerprint density at radius 1 is 1.65 bits per heavy atom. The number of carbonyl (C=O) groups is 1. The van der Waals surface area contributed by atoms with Gasteiger partial charge < -0.3 is 10.6 Å². The molecule has 5 nitrogen and oxygen atoms in total. The second-order valence-electron chi connectivity index (χ2n) is 5.29. The van der Waals surface area contributed by atoms with E-state index in [1.807, 2.05) is 24.9 Å². The van der Waals surface area contributed by atoms with Gasteiger partial charge in [0, 0.05) is 25.8 Å². The molecule has 1 aliphatic heterocycles. The Morgan fingerprint density at radius 2 is 2.35 bits per heavy atom. The average molecular weight is 236 g/mol. The maximum absolute atomic E-state index is 12.2. The molecule has 0 aromatic carbocycles. The van der Waals surface area contributed by atoms with Crippen LogP contribution in [0.3, 0.4) is 0 Å². The Balaban J connectivity index is 2.12. The van der Waals surface area contributed by atoms with Gasteiger partial charge in [-0.3, -0.25) is 9.48 Å². The number of amides is 1. The normalized spacial score (nSPS) is 24.4. The molecular weight excluding hydrogens is 216 g/mol. The molecule has 2 heterocycles. The van der Waals surface area contributed by atoms with Crippen LogP contribution in [0.1, 0.15) is 29.5 Å². The molecule has 17 heavy (non-hydrogen) atoms. The summed E-state index contributed by atoms with van der Waals surface area (Å²) in [4.78, 5) is 14.1. The Hall–Kier alpha value is -1.36. The molecule has 1 unspecified atom stereocenters. The highest BCUT2D eigenvalue weighted by molar-refractivity contribution is 5.92. The maximum atomic E-state index is 12.2. The first-order valence-corrected chi connectivity index (χ1v) is 5.95. The summed E-state index contributed by atoms with van der Waals surface area (Å²) in [6.45, 7) is 6.21. The predicted molar refractivity (Wildman–Crippen MR) is 65.6 cm³/mol. The van der Waals surface area contributed by atoms with Crippen molar-refractivity contribution in [1.82, 2.24) is 14.7 Å². The van der Waals surface area contributed by atoms with Gasteiger partial charge in [-0.05, 0) is 31.4 Å². The van der Waals surface area contributed by atoms with E-state index in [4.69, 9.17) is 5.73 Å². The van der Waals surface area contributed by atoms with Gasteiger partial charge in [-0.1, -0.05) is 6.92 Å². The van der Waals surface area contributed by atoms with Gasteiger partial charge in [0.2, 0.25) is 0 Å². The minimum Gasteiger partial charge on any atom is -0.337 e. The van der Waals surface area contributed by atoms with E-state index < -0.39 is 0 Å². The monoisotopic (exact) mass is 236 g/mol. The molecule has 1 saturated heterocycles. The van der Waals surface area contributed by atoms with Crippen molar-refractivity contribution in [3.63, 3.8) is 0 Å². The Labute approximate surface area is 102 Å². The highest BCUT2D eigenvalue weighted by atomic mass is 16.2. The van der Waals surface area contributed by atoms with Crippen molar-refractivity contribution in [2.24, 2.45) is 18.2 Å². The number of nitrogens with two attached hydrogens (primary N) is 1. The van der Waals surface area contributed by atoms with Crippen LogP contribution in [0.5, 0.6) is 0 Å². The fraction of sp³-hybridized carbons (Fsp3) is 0.667. The fourth-order valence-electron chi connectivity index (χ4n) is 2.19. The van der Waals surface area contributed by atoms with Gasteiger partial charge in [0.1, 0.15) is 0 Å². The second-order valence-corrected chi connectivity index (χ2v) is 5.29. The molecule has 2 N–H and O–H groups in total. The third-order valence-corrected chi connectivity index (χ3v) is 3.67. The molecule has 0 bridgehead atoms. The highest BCUT2D eigenvalue weighted by Crippen LogP contribution is 2.29. The first kappa shape index (κ1) is 12.1. The van der Waals surface area contributed by atoms with E-state index in [2.05, 4.69) is 12.0 Å². The largest absolute Gasteiger partial charge is 0.337 e. The third-order valence-electron chi connectivity index (χ3n) is 3.67. The van der Waals surface area contributed by atoms with Gasteiger partial charge in [0.15, 0.2) is 5.69 Å². The van der Waals surface area contributed by atoms with Crippen LogP contribution in [0.2, 0.25) is 0 Å². The summed E-state index contributed by atoms with van der Waals surface area (Å²) in [5, 5.41) is 4.22. The molecule has 1 aromatic rings. The number of aryl methyl sites for hydroxylation is 2. The summed E-state index contributed by atoms with van der Waals surface area (Å²) in [7, 11) is 1.85. The summed E-state index contributed by atoms with van der Waals surface area (Å²) in [5.74, 6) is 0.0193. The number of hydrogen-bond acceptors (Lipinski definition) is 3. The average Bonchev–Trinajstić information content (AvgIpc) is 2.84. The van der Waals surface area contributed by atoms with Crippen molar-refractivity contribution in [3.8, 4) is 0 Å². The van der Waals surface area contributed by atoms with Gasteiger partial charge in [0.25, 0.3) is 5.91 Å². The highest BCUT2D eigenvalue weighted by Gasteiger charge is 2.35. The number of rotatable bonds is 2. The van der Waals surface area contributed by atoms with Crippen LogP contribution in [0, 0.1) is 12.3 Å². The summed E-state index contributed by atoms with van der Waals surface area (Å²) in [6.07, 6.45) is 0.973. The third kappa shape index (κ3) is 2.20. The first-order valence-electron chi connectivity index (χ1n) is 5.95. The van der Waals surface area contributed by atoms with Gasteiger partial charge in [0.05, 0.1) is 0 Å². The molecule has 2 rings (SSSR count). The van der Waals surface area contributed by atoms with E-state index >= 15 is 0 Å². The van der Waals surface area contributed by atoms with Crippen molar-refractivity contribution in [3.05, 3.63) is 17.5 Å². The minimum absolute atomic E-state index is 0.0193. The molecule has 0 spiro atoms. The lowest BCUT2D eigenvalue weighted by Crippen LogP contribution is -2.34. The van der Waals surface area contributed by atoms with Crippen LogP contribution in [0.4, 0.5) is 0 Å². The number of carbonyl (C=O) groups excluding carboxylic acids is 1. The maximum Gasteiger partial charge on any atom is 0.274 e. The Bertz CT molecular complexity index is 420. The van der Waals surface area contributed by atoms with Crippen molar-refractivity contribution in [2.45, 2.75) is 20.3 Å². The quantitative estimate of drug-likeness (QED) is 0.815. The zero-order valence-electron chi connectivity index (χ0n) is 10.7. The molecule has 94 valence electrons. The van der Waals surface area contributed by atoms with E-state index in [1.165, 1.54) is 0 Å². The lowest BCUT2D eigenvalue weighted by molar-refractivity contribution is 0.0770. The Kier molecular flexibility index (Phi) is 2.95. The van der Waals surface area contributed by atoms with Crippen LogP contribution in [-0.4, -0.2) is 40.2 Å². The van der Waals surface area contributed by atoms with Crippen molar-refractivity contribution in [1.29, 1.82) is 0 Å². The number of likely N-dealkylation sites (tertiary alicyclic amines) is 1. The molecule has 1 aliphatic rings. The van der Waals surface area contributed by atoms with E-state index in [0.29, 0.717) is 12.2 Å². The molecule has 5 heteroatoms. The number of aromatic nitrogens is 2. The van der Waals surface area contributed by atoms with E-state index in [-0.39, 0.29) is 11.3 Å². The first-order chi connectivity index (χ1) is 7.95. The van der Waals surface area contributed by atoms with Crippen LogP contribution < -0.4 is 5.73 Å². The molecular formula is C12H20N4O. The van der Waals surface area contributed by atoms with E-state index in [1.54, 1.807) is 4.68 Å². The lowest BCUT2D eigenvalue weighted by Gasteiger charge is -2.21. The predicted octanol–water partition coefficient (Wildman–Crippen LogP) is 0.539. The molecule has 1 amide bonds. The molecule has 0 saturated carbocycles. The van der Waals surface area contributed by atoms with Crippen molar-refractivity contribution >= 4 is 5.91 Å². The van der Waals surface area contributed by atoms with E-state index in [9.17, 15) is 4.79 Å². The standard InChI is InChI=1S/C12H20N4O/c1-9-6-10(14-15(9)3)11(17)16-5-4-12(2,7-13)8-16/h6H,4-5,7-8,13H2,1-3H3. The molecule has 1 fully saturated rings. The molecule has 0 aliphatic carbocycles. The second kappa shape index (κ2) is 4.14. The lowest BCUT2D eigenvalue weighted by atomic mass is 9.90. The summed E-state index contributed by atoms with van der Waals surface area (Å²) < 4.78 is 1.73. The molecule has 1 atom stereocenters. The Morgan fingerprint density at radius 3 is 2.82 bits per heavy atom. The van der Waals surface area contributed by atoms with Crippen molar-refractivity contribution in [2.75, 3.05) is 19.6 Å². The van der Waals surface area contributed by atoms with Gasteiger partial charge >= 0.3 is 0 Å².